The average Bonchev–Trinajstić information content (AvgIpc) is 2.92. The lowest BCUT2D eigenvalue weighted by atomic mass is 9.78. The Hall–Kier alpha value is -1.39. The van der Waals surface area contributed by atoms with Crippen molar-refractivity contribution in [1.29, 1.82) is 0 Å². The average molecular weight is 329 g/mol. The van der Waals surface area contributed by atoms with Gasteiger partial charge in [-0.3, -0.25) is 9.69 Å². The van der Waals surface area contributed by atoms with Gasteiger partial charge in [0.25, 0.3) is 0 Å². The molecule has 1 amide bonds. The first-order chi connectivity index (χ1) is 11.5. The molecule has 24 heavy (non-hydrogen) atoms. The zero-order chi connectivity index (χ0) is 17.2. The molecule has 1 atom stereocenters. The van der Waals surface area contributed by atoms with E-state index in [0.29, 0.717) is 18.5 Å². The van der Waals surface area contributed by atoms with Gasteiger partial charge in [-0.1, -0.05) is 44.2 Å². The molecule has 4 nitrogen and oxygen atoms in total. The minimum absolute atomic E-state index is 0.129. The second kappa shape index (κ2) is 7.24. The number of carbonyl (C=O) groups excluding carboxylic acids is 1. The number of hydrogen-bond acceptors (Lipinski definition) is 3. The van der Waals surface area contributed by atoms with Crippen molar-refractivity contribution < 1.29 is 4.79 Å². The summed E-state index contributed by atoms with van der Waals surface area (Å²) in [5.74, 6) is 0.703. The van der Waals surface area contributed by atoms with Crippen molar-refractivity contribution in [3.8, 4) is 0 Å². The summed E-state index contributed by atoms with van der Waals surface area (Å²) in [5.41, 5.74) is 1.48. The second-order valence-electron chi connectivity index (χ2n) is 8.12. The lowest BCUT2D eigenvalue weighted by molar-refractivity contribution is -0.132. The number of nitrogens with one attached hydrogen (secondary N) is 1. The highest BCUT2D eigenvalue weighted by Gasteiger charge is 2.42. The van der Waals surface area contributed by atoms with Crippen molar-refractivity contribution in [3.05, 3.63) is 35.9 Å². The van der Waals surface area contributed by atoms with Crippen molar-refractivity contribution in [1.82, 2.24) is 15.1 Å². The van der Waals surface area contributed by atoms with E-state index >= 15 is 0 Å². The van der Waals surface area contributed by atoms with Gasteiger partial charge in [-0.05, 0) is 44.0 Å². The zero-order valence-electron chi connectivity index (χ0n) is 15.3. The highest BCUT2D eigenvalue weighted by atomic mass is 16.2. The summed E-state index contributed by atoms with van der Waals surface area (Å²) in [6.45, 7) is 8.94. The number of likely N-dealkylation sites (N-methyl/N-ethyl adjacent to an activating group) is 1. The zero-order valence-corrected chi connectivity index (χ0v) is 15.3. The van der Waals surface area contributed by atoms with Gasteiger partial charge in [-0.25, -0.2) is 0 Å². The van der Waals surface area contributed by atoms with Gasteiger partial charge in [0.05, 0.1) is 6.54 Å². The second-order valence-corrected chi connectivity index (χ2v) is 8.12. The number of rotatable bonds is 4. The van der Waals surface area contributed by atoms with Gasteiger partial charge in [0, 0.05) is 25.0 Å². The molecule has 0 aromatic heterocycles. The van der Waals surface area contributed by atoms with E-state index in [0.717, 1.165) is 39.0 Å². The van der Waals surface area contributed by atoms with E-state index in [1.54, 1.807) is 0 Å². The molecule has 132 valence electrons. The van der Waals surface area contributed by atoms with E-state index in [4.69, 9.17) is 0 Å². The van der Waals surface area contributed by atoms with Crippen LogP contribution in [-0.4, -0.2) is 61.5 Å². The van der Waals surface area contributed by atoms with Crippen LogP contribution < -0.4 is 5.32 Å². The third-order valence-corrected chi connectivity index (χ3v) is 5.82. The van der Waals surface area contributed by atoms with Crippen LogP contribution in [0.2, 0.25) is 0 Å². The summed E-state index contributed by atoms with van der Waals surface area (Å²) in [6, 6.07) is 11.2. The Balaban J connectivity index is 1.62. The first-order valence-electron chi connectivity index (χ1n) is 9.21. The molecule has 1 aromatic rings. The number of nitrogens with zero attached hydrogens (tertiary/aromatic N) is 2. The standard InChI is InChI=1S/C20H31N3O/c1-20(2)15-23(13-18(20)16-7-5-4-6-8-16)19(24)14-22(3)17-9-11-21-12-10-17/h4-8,17-18,21H,9-15H2,1-3H3/t18-/m1/s1. The number of hydrogen-bond donors (Lipinski definition) is 1. The Morgan fingerprint density at radius 2 is 1.92 bits per heavy atom. The highest BCUT2D eigenvalue weighted by molar-refractivity contribution is 5.79. The van der Waals surface area contributed by atoms with E-state index < -0.39 is 0 Å². The van der Waals surface area contributed by atoms with E-state index in [9.17, 15) is 4.79 Å². The molecular weight excluding hydrogens is 298 g/mol. The molecule has 4 heteroatoms. The highest BCUT2D eigenvalue weighted by Crippen LogP contribution is 2.42. The van der Waals surface area contributed by atoms with E-state index in [1.165, 1.54) is 5.56 Å². The smallest absolute Gasteiger partial charge is 0.236 e. The summed E-state index contributed by atoms with van der Waals surface area (Å²) in [7, 11) is 2.10. The van der Waals surface area contributed by atoms with Gasteiger partial charge < -0.3 is 10.2 Å². The van der Waals surface area contributed by atoms with Crippen LogP contribution in [-0.2, 0) is 4.79 Å². The van der Waals surface area contributed by atoms with Crippen LogP contribution in [0.1, 0.15) is 38.2 Å². The van der Waals surface area contributed by atoms with Crippen molar-refractivity contribution in [2.45, 2.75) is 38.6 Å². The number of piperidine rings is 1. The molecule has 0 radical (unpaired) electrons. The Morgan fingerprint density at radius 1 is 1.25 bits per heavy atom. The van der Waals surface area contributed by atoms with Gasteiger partial charge in [0.2, 0.25) is 5.91 Å². The van der Waals surface area contributed by atoms with Crippen LogP contribution in [0.4, 0.5) is 0 Å². The maximum atomic E-state index is 12.8. The molecule has 2 saturated heterocycles. The lowest BCUT2D eigenvalue weighted by Gasteiger charge is -2.32. The third-order valence-electron chi connectivity index (χ3n) is 5.82. The number of amides is 1. The van der Waals surface area contributed by atoms with Gasteiger partial charge in [0.1, 0.15) is 0 Å². The molecule has 2 fully saturated rings. The van der Waals surface area contributed by atoms with Crippen LogP contribution in [0.25, 0.3) is 0 Å². The molecule has 2 aliphatic rings. The maximum Gasteiger partial charge on any atom is 0.236 e. The molecule has 0 unspecified atom stereocenters. The molecule has 0 bridgehead atoms. The molecule has 0 saturated carbocycles. The summed E-state index contributed by atoms with van der Waals surface area (Å²) in [6.07, 6.45) is 2.28. The molecule has 1 aromatic carbocycles. The topological polar surface area (TPSA) is 35.6 Å². The predicted molar refractivity (Wildman–Crippen MR) is 98.1 cm³/mol. The van der Waals surface area contributed by atoms with Crippen molar-refractivity contribution in [3.63, 3.8) is 0 Å². The van der Waals surface area contributed by atoms with Crippen molar-refractivity contribution in [2.75, 3.05) is 39.8 Å². The number of likely N-dealkylation sites (tertiary alicyclic amines) is 1. The lowest BCUT2D eigenvalue weighted by Crippen LogP contribution is -2.46. The molecule has 0 spiro atoms. The number of benzene rings is 1. The van der Waals surface area contributed by atoms with Crippen LogP contribution in [0.3, 0.4) is 0 Å². The molecule has 0 aliphatic carbocycles. The molecule has 3 rings (SSSR count). The normalized spacial score (nSPS) is 24.5. The van der Waals surface area contributed by atoms with Gasteiger partial charge >= 0.3 is 0 Å². The molecule has 2 aliphatic heterocycles. The SMILES string of the molecule is CN(CC(=O)N1C[C@H](c2ccccc2)C(C)(C)C1)C1CCNCC1. The van der Waals surface area contributed by atoms with E-state index in [2.05, 4.69) is 66.3 Å². The fourth-order valence-electron chi connectivity index (χ4n) is 4.26. The van der Waals surface area contributed by atoms with Crippen LogP contribution >= 0.6 is 0 Å². The maximum absolute atomic E-state index is 12.8. The van der Waals surface area contributed by atoms with Gasteiger partial charge in [-0.15, -0.1) is 0 Å². The Morgan fingerprint density at radius 3 is 2.58 bits per heavy atom. The van der Waals surface area contributed by atoms with Crippen LogP contribution in [0.15, 0.2) is 30.3 Å². The Kier molecular flexibility index (Phi) is 5.26. The Labute approximate surface area is 146 Å². The summed E-state index contributed by atoms with van der Waals surface area (Å²) in [4.78, 5) is 17.2. The number of carbonyl (C=O) groups is 1. The largest absolute Gasteiger partial charge is 0.340 e. The van der Waals surface area contributed by atoms with Crippen LogP contribution in [0, 0.1) is 5.41 Å². The van der Waals surface area contributed by atoms with E-state index in [-0.39, 0.29) is 11.3 Å². The summed E-state index contributed by atoms with van der Waals surface area (Å²) < 4.78 is 0. The fraction of sp³-hybridized carbons (Fsp3) is 0.650. The van der Waals surface area contributed by atoms with E-state index in [1.807, 2.05) is 0 Å². The van der Waals surface area contributed by atoms with Gasteiger partial charge in [-0.2, -0.15) is 0 Å². The molecule has 1 N–H and O–H groups in total. The molecule has 2 heterocycles. The Bertz CT molecular complexity index is 551. The van der Waals surface area contributed by atoms with Crippen molar-refractivity contribution >= 4 is 5.91 Å². The first kappa shape index (κ1) is 17.4. The van der Waals surface area contributed by atoms with Crippen LogP contribution in [0.5, 0.6) is 0 Å². The molecular formula is C20H31N3O. The van der Waals surface area contributed by atoms with Gasteiger partial charge in [0.15, 0.2) is 0 Å². The fourth-order valence-corrected chi connectivity index (χ4v) is 4.26. The van der Waals surface area contributed by atoms with Crippen molar-refractivity contribution in [2.24, 2.45) is 5.41 Å². The third kappa shape index (κ3) is 3.81. The summed E-state index contributed by atoms with van der Waals surface area (Å²) >= 11 is 0. The minimum Gasteiger partial charge on any atom is -0.340 e. The first-order valence-corrected chi connectivity index (χ1v) is 9.21. The quantitative estimate of drug-likeness (QED) is 0.921. The monoisotopic (exact) mass is 329 g/mol. The minimum atomic E-state index is 0.129. The summed E-state index contributed by atoms with van der Waals surface area (Å²) in [5, 5.41) is 3.39. The predicted octanol–water partition coefficient (Wildman–Crippen LogP) is 2.32.